The molecule has 1 amide bonds. The molecule has 0 fully saturated rings. The van der Waals surface area contributed by atoms with Gasteiger partial charge >= 0.3 is 6.18 Å². The third kappa shape index (κ3) is 6.17. The molecule has 25 heavy (non-hydrogen) atoms. The Balaban J connectivity index is 1.94. The van der Waals surface area contributed by atoms with Gasteiger partial charge in [0.15, 0.2) is 0 Å². The molecule has 0 saturated heterocycles. The van der Waals surface area contributed by atoms with Crippen molar-refractivity contribution in [3.63, 3.8) is 0 Å². The first-order chi connectivity index (χ1) is 11.7. The molecule has 2 aromatic heterocycles. The fourth-order valence-electron chi connectivity index (χ4n) is 2.19. The van der Waals surface area contributed by atoms with E-state index in [-0.39, 0.29) is 12.1 Å². The first kappa shape index (κ1) is 18.9. The van der Waals surface area contributed by atoms with Crippen molar-refractivity contribution < 1.29 is 18.0 Å². The largest absolute Gasteiger partial charge is 0.433 e. The second kappa shape index (κ2) is 8.09. The molecule has 2 heterocycles. The topological polar surface area (TPSA) is 54.9 Å². The molecule has 0 bridgehead atoms. The normalized spacial score (nSPS) is 11.6. The number of aryl methyl sites for hydroxylation is 1. The van der Waals surface area contributed by atoms with Gasteiger partial charge in [0.1, 0.15) is 11.5 Å². The van der Waals surface area contributed by atoms with Crippen molar-refractivity contribution >= 4 is 11.7 Å². The Morgan fingerprint density at radius 2 is 1.96 bits per heavy atom. The van der Waals surface area contributed by atoms with Crippen molar-refractivity contribution in [3.8, 4) is 0 Å². The maximum Gasteiger partial charge on any atom is 0.433 e. The van der Waals surface area contributed by atoms with Crippen LogP contribution in [-0.4, -0.2) is 15.9 Å². The van der Waals surface area contributed by atoms with Crippen molar-refractivity contribution in [2.24, 2.45) is 5.92 Å². The Bertz CT molecular complexity index is 712. The second-order valence-corrected chi connectivity index (χ2v) is 6.22. The lowest BCUT2D eigenvalue weighted by molar-refractivity contribution is -0.141. The van der Waals surface area contributed by atoms with E-state index in [0.29, 0.717) is 11.7 Å². The van der Waals surface area contributed by atoms with Gasteiger partial charge in [-0.3, -0.25) is 4.79 Å². The summed E-state index contributed by atoms with van der Waals surface area (Å²) < 4.78 is 37.9. The summed E-state index contributed by atoms with van der Waals surface area (Å²) in [4.78, 5) is 19.6. The molecular formula is C18H20F3N3O. The number of alkyl halides is 3. The van der Waals surface area contributed by atoms with E-state index in [1.807, 2.05) is 6.07 Å². The van der Waals surface area contributed by atoms with Gasteiger partial charge in [-0.05, 0) is 42.5 Å². The zero-order valence-corrected chi connectivity index (χ0v) is 14.1. The number of rotatable bonds is 6. The summed E-state index contributed by atoms with van der Waals surface area (Å²) in [5.74, 6) is 0.499. The van der Waals surface area contributed by atoms with E-state index in [1.165, 1.54) is 12.1 Å². The van der Waals surface area contributed by atoms with E-state index in [0.717, 1.165) is 24.5 Å². The molecule has 0 aliphatic rings. The van der Waals surface area contributed by atoms with Crippen molar-refractivity contribution in [1.82, 2.24) is 9.97 Å². The molecule has 2 aromatic rings. The van der Waals surface area contributed by atoms with E-state index < -0.39 is 17.8 Å². The highest BCUT2D eigenvalue weighted by atomic mass is 19.4. The molecule has 0 aliphatic carbocycles. The summed E-state index contributed by atoms with van der Waals surface area (Å²) in [7, 11) is 0. The van der Waals surface area contributed by atoms with Crippen LogP contribution in [-0.2, 0) is 23.8 Å². The average Bonchev–Trinajstić information content (AvgIpc) is 2.53. The zero-order chi connectivity index (χ0) is 18.4. The first-order valence-electron chi connectivity index (χ1n) is 8.02. The van der Waals surface area contributed by atoms with Crippen LogP contribution in [0.4, 0.5) is 19.0 Å². The summed E-state index contributed by atoms with van der Waals surface area (Å²) in [5.41, 5.74) is 0.123. The summed E-state index contributed by atoms with van der Waals surface area (Å²) >= 11 is 0. The van der Waals surface area contributed by atoms with Crippen LogP contribution in [0.15, 0.2) is 36.5 Å². The molecule has 0 radical (unpaired) electrons. The summed E-state index contributed by atoms with van der Waals surface area (Å²) in [6, 6.07) is 7.07. The molecule has 134 valence electrons. The minimum atomic E-state index is -4.53. The Morgan fingerprint density at radius 1 is 1.20 bits per heavy atom. The molecule has 7 heteroatoms. The van der Waals surface area contributed by atoms with E-state index in [9.17, 15) is 18.0 Å². The number of halogens is 3. The Labute approximate surface area is 144 Å². The van der Waals surface area contributed by atoms with Gasteiger partial charge in [0.05, 0.1) is 12.1 Å². The molecule has 2 rings (SSSR count). The van der Waals surface area contributed by atoms with Gasteiger partial charge < -0.3 is 5.32 Å². The van der Waals surface area contributed by atoms with Gasteiger partial charge in [0.2, 0.25) is 5.91 Å². The molecule has 0 saturated carbocycles. The number of hydrogen-bond acceptors (Lipinski definition) is 3. The maximum atomic E-state index is 12.6. The summed E-state index contributed by atoms with van der Waals surface area (Å²) in [5, 5.41) is 2.57. The Morgan fingerprint density at radius 3 is 2.56 bits per heavy atom. The Kier molecular flexibility index (Phi) is 6.12. The van der Waals surface area contributed by atoms with E-state index >= 15 is 0 Å². The number of pyridine rings is 2. The van der Waals surface area contributed by atoms with Gasteiger partial charge in [-0.15, -0.1) is 0 Å². The minimum absolute atomic E-state index is 0.0564. The third-order valence-corrected chi connectivity index (χ3v) is 3.54. The molecule has 1 N–H and O–H groups in total. The lowest BCUT2D eigenvalue weighted by Crippen LogP contribution is -2.17. The highest BCUT2D eigenvalue weighted by molar-refractivity contribution is 5.91. The van der Waals surface area contributed by atoms with Gasteiger partial charge in [-0.25, -0.2) is 9.97 Å². The van der Waals surface area contributed by atoms with Gasteiger partial charge in [-0.2, -0.15) is 13.2 Å². The number of nitrogens with zero attached hydrogens (tertiary/aromatic N) is 2. The lowest BCUT2D eigenvalue weighted by atomic mass is 10.0. The van der Waals surface area contributed by atoms with Crippen molar-refractivity contribution in [3.05, 3.63) is 53.5 Å². The number of hydrogen-bond donors (Lipinski definition) is 1. The van der Waals surface area contributed by atoms with Crippen LogP contribution in [0, 0.1) is 5.92 Å². The average molecular weight is 351 g/mol. The number of aromatic nitrogens is 2. The highest BCUT2D eigenvalue weighted by Crippen LogP contribution is 2.27. The number of anilines is 1. The fourth-order valence-corrected chi connectivity index (χ4v) is 2.19. The van der Waals surface area contributed by atoms with Crippen molar-refractivity contribution in [1.29, 1.82) is 0 Å². The molecule has 0 aliphatic heterocycles. The molecule has 0 unspecified atom stereocenters. The van der Waals surface area contributed by atoms with Crippen LogP contribution in [0.2, 0.25) is 0 Å². The van der Waals surface area contributed by atoms with Crippen LogP contribution in [0.25, 0.3) is 0 Å². The quantitative estimate of drug-likeness (QED) is 0.846. The highest BCUT2D eigenvalue weighted by Gasteiger charge is 2.32. The number of carbonyl (C=O) groups excluding carboxylic acids is 1. The maximum absolute atomic E-state index is 12.6. The molecule has 0 atom stereocenters. The van der Waals surface area contributed by atoms with Crippen molar-refractivity contribution in [2.75, 3.05) is 5.32 Å². The van der Waals surface area contributed by atoms with Crippen molar-refractivity contribution in [2.45, 2.75) is 39.3 Å². The van der Waals surface area contributed by atoms with Crippen LogP contribution in [0.5, 0.6) is 0 Å². The van der Waals surface area contributed by atoms with E-state index in [1.54, 1.807) is 12.3 Å². The van der Waals surface area contributed by atoms with Crippen LogP contribution in [0.3, 0.4) is 0 Å². The second-order valence-electron chi connectivity index (χ2n) is 6.22. The van der Waals surface area contributed by atoms with Crippen LogP contribution in [0.1, 0.15) is 37.2 Å². The number of carbonyl (C=O) groups is 1. The number of nitrogens with one attached hydrogen (secondary N) is 1. The smallest absolute Gasteiger partial charge is 0.310 e. The molecule has 0 aromatic carbocycles. The van der Waals surface area contributed by atoms with E-state index in [4.69, 9.17) is 0 Å². The predicted molar refractivity (Wildman–Crippen MR) is 89.0 cm³/mol. The minimum Gasteiger partial charge on any atom is -0.310 e. The third-order valence-electron chi connectivity index (χ3n) is 3.54. The molecular weight excluding hydrogens is 331 g/mol. The standard InChI is InChI=1S/C18H20F3N3O/c1-12(2)6-7-13-8-9-16(22-11-13)24-17(25)10-14-4-3-5-15(23-14)18(19,20)21/h3-5,8-9,11-12H,6-7,10H2,1-2H3,(H,22,24,25). The fraction of sp³-hybridized carbons (Fsp3) is 0.389. The van der Waals surface area contributed by atoms with E-state index in [2.05, 4.69) is 29.1 Å². The summed E-state index contributed by atoms with van der Waals surface area (Å²) in [6.07, 6.45) is -1.12. The zero-order valence-electron chi connectivity index (χ0n) is 14.1. The van der Waals surface area contributed by atoms with Crippen LogP contribution >= 0.6 is 0 Å². The Hall–Kier alpha value is -2.44. The van der Waals surface area contributed by atoms with Gasteiger partial charge in [-0.1, -0.05) is 26.0 Å². The molecule has 0 spiro atoms. The van der Waals surface area contributed by atoms with Gasteiger partial charge in [0, 0.05) is 6.20 Å². The predicted octanol–water partition coefficient (Wildman–Crippen LogP) is 4.27. The lowest BCUT2D eigenvalue weighted by Gasteiger charge is -2.09. The van der Waals surface area contributed by atoms with Crippen LogP contribution < -0.4 is 5.32 Å². The first-order valence-corrected chi connectivity index (χ1v) is 8.02. The SMILES string of the molecule is CC(C)CCc1ccc(NC(=O)Cc2cccc(C(F)(F)F)n2)nc1. The summed E-state index contributed by atoms with van der Waals surface area (Å²) in [6.45, 7) is 4.29. The molecule has 4 nitrogen and oxygen atoms in total. The van der Waals surface area contributed by atoms with Gasteiger partial charge in [0.25, 0.3) is 0 Å². The number of amides is 1. The monoisotopic (exact) mass is 351 g/mol.